The minimum atomic E-state index is 0.673. The fourth-order valence-electron chi connectivity index (χ4n) is 1.26. The van der Waals surface area contributed by atoms with E-state index in [4.69, 9.17) is 4.74 Å². The van der Waals surface area contributed by atoms with Crippen molar-refractivity contribution in [2.24, 2.45) is 5.92 Å². The van der Waals surface area contributed by atoms with E-state index in [0.717, 1.165) is 17.5 Å². The van der Waals surface area contributed by atoms with Crippen LogP contribution in [0, 0.1) is 5.92 Å². The highest BCUT2D eigenvalue weighted by atomic mass is 79.9. The van der Waals surface area contributed by atoms with Crippen LogP contribution in [-0.4, -0.2) is 12.4 Å². The number of benzene rings is 1. The van der Waals surface area contributed by atoms with Crippen LogP contribution in [0.1, 0.15) is 12.5 Å². The van der Waals surface area contributed by atoms with Gasteiger partial charge in [0.05, 0.1) is 7.11 Å². The summed E-state index contributed by atoms with van der Waals surface area (Å²) in [5.74, 6) is 1.62. The Morgan fingerprint density at radius 1 is 1.46 bits per heavy atom. The lowest BCUT2D eigenvalue weighted by Crippen LogP contribution is -2.00. The van der Waals surface area contributed by atoms with E-state index in [2.05, 4.69) is 35.0 Å². The molecule has 0 aromatic heterocycles. The van der Waals surface area contributed by atoms with Crippen molar-refractivity contribution in [3.8, 4) is 5.75 Å². The molecule has 72 valence electrons. The molecule has 0 aliphatic heterocycles. The number of methoxy groups -OCH3 is 1. The van der Waals surface area contributed by atoms with E-state index in [-0.39, 0.29) is 0 Å². The molecule has 1 aromatic carbocycles. The lowest BCUT2D eigenvalue weighted by Gasteiger charge is -2.08. The van der Waals surface area contributed by atoms with Crippen LogP contribution < -0.4 is 4.74 Å². The number of ether oxygens (including phenoxy) is 1. The second-order valence-electron chi connectivity index (χ2n) is 3.32. The fraction of sp³-hybridized carbons (Fsp3) is 0.455. The predicted octanol–water partition coefficient (Wildman–Crippen LogP) is 3.27. The highest BCUT2D eigenvalue weighted by Gasteiger charge is 2.02. The van der Waals surface area contributed by atoms with Crippen LogP contribution in [0.4, 0.5) is 0 Å². The Balaban J connectivity index is 2.66. The maximum absolute atomic E-state index is 5.16. The fourth-order valence-corrected chi connectivity index (χ4v) is 1.49. The summed E-state index contributed by atoms with van der Waals surface area (Å²) >= 11 is 3.48. The molecule has 0 saturated carbocycles. The van der Waals surface area contributed by atoms with Crippen molar-refractivity contribution < 1.29 is 4.74 Å². The zero-order valence-corrected chi connectivity index (χ0v) is 9.67. The van der Waals surface area contributed by atoms with E-state index < -0.39 is 0 Å². The normalized spacial score (nSPS) is 12.5. The molecule has 1 unspecified atom stereocenters. The Kier molecular flexibility index (Phi) is 4.29. The van der Waals surface area contributed by atoms with Crippen molar-refractivity contribution in [3.05, 3.63) is 29.8 Å². The molecule has 0 amide bonds. The molecule has 2 heteroatoms. The molecular formula is C11H15BrO. The molecule has 0 radical (unpaired) electrons. The molecule has 1 aromatic rings. The van der Waals surface area contributed by atoms with Gasteiger partial charge in [-0.3, -0.25) is 0 Å². The zero-order valence-electron chi connectivity index (χ0n) is 8.09. The number of rotatable bonds is 4. The van der Waals surface area contributed by atoms with E-state index in [1.165, 1.54) is 5.56 Å². The van der Waals surface area contributed by atoms with Gasteiger partial charge in [0.25, 0.3) is 0 Å². The van der Waals surface area contributed by atoms with E-state index in [0.29, 0.717) is 5.92 Å². The first kappa shape index (κ1) is 10.6. The van der Waals surface area contributed by atoms with Crippen molar-refractivity contribution in [2.75, 3.05) is 12.4 Å². The van der Waals surface area contributed by atoms with Crippen molar-refractivity contribution in [3.63, 3.8) is 0 Å². The number of hydrogen-bond acceptors (Lipinski definition) is 1. The van der Waals surface area contributed by atoms with Gasteiger partial charge in [-0.1, -0.05) is 35.0 Å². The van der Waals surface area contributed by atoms with Crippen LogP contribution in [-0.2, 0) is 6.42 Å². The third-order valence-corrected chi connectivity index (χ3v) is 3.09. The molecular weight excluding hydrogens is 228 g/mol. The second kappa shape index (κ2) is 5.28. The van der Waals surface area contributed by atoms with E-state index >= 15 is 0 Å². The number of alkyl halides is 1. The maximum Gasteiger partial charge on any atom is 0.119 e. The summed E-state index contributed by atoms with van der Waals surface area (Å²) in [7, 11) is 1.70. The quantitative estimate of drug-likeness (QED) is 0.737. The third-order valence-electron chi connectivity index (χ3n) is 1.98. The number of hydrogen-bond donors (Lipinski definition) is 0. The van der Waals surface area contributed by atoms with Crippen molar-refractivity contribution in [1.29, 1.82) is 0 Å². The standard InChI is InChI=1S/C11H15BrO/c1-9(8-12)6-10-4-3-5-11(7-10)13-2/h3-5,7,9H,6,8H2,1-2H3. The molecule has 13 heavy (non-hydrogen) atoms. The molecule has 0 bridgehead atoms. The third kappa shape index (κ3) is 3.39. The summed E-state index contributed by atoms with van der Waals surface area (Å²) in [4.78, 5) is 0. The molecule has 0 saturated heterocycles. The van der Waals surface area contributed by atoms with Crippen LogP contribution in [0.5, 0.6) is 5.75 Å². The lowest BCUT2D eigenvalue weighted by atomic mass is 10.0. The summed E-state index contributed by atoms with van der Waals surface area (Å²) in [5, 5.41) is 1.05. The largest absolute Gasteiger partial charge is 0.497 e. The first-order chi connectivity index (χ1) is 6.26. The summed E-state index contributed by atoms with van der Waals surface area (Å²) in [6, 6.07) is 8.25. The van der Waals surface area contributed by atoms with E-state index in [1.54, 1.807) is 7.11 Å². The van der Waals surface area contributed by atoms with Gasteiger partial charge in [-0.05, 0) is 30.0 Å². The average molecular weight is 243 g/mol. The van der Waals surface area contributed by atoms with Crippen molar-refractivity contribution in [2.45, 2.75) is 13.3 Å². The molecule has 0 fully saturated rings. The van der Waals surface area contributed by atoms with Gasteiger partial charge in [-0.2, -0.15) is 0 Å². The van der Waals surface area contributed by atoms with Crippen molar-refractivity contribution in [1.82, 2.24) is 0 Å². The minimum absolute atomic E-state index is 0.673. The summed E-state index contributed by atoms with van der Waals surface area (Å²) < 4.78 is 5.16. The molecule has 1 nitrogen and oxygen atoms in total. The maximum atomic E-state index is 5.16. The number of halogens is 1. The smallest absolute Gasteiger partial charge is 0.119 e. The van der Waals surface area contributed by atoms with E-state index in [9.17, 15) is 0 Å². The van der Waals surface area contributed by atoms with Crippen LogP contribution in [0.2, 0.25) is 0 Å². The first-order valence-electron chi connectivity index (χ1n) is 4.45. The van der Waals surface area contributed by atoms with Gasteiger partial charge in [0, 0.05) is 5.33 Å². The second-order valence-corrected chi connectivity index (χ2v) is 3.96. The molecule has 0 aliphatic carbocycles. The topological polar surface area (TPSA) is 9.23 Å². The lowest BCUT2D eigenvalue weighted by molar-refractivity contribution is 0.414. The van der Waals surface area contributed by atoms with Crippen LogP contribution in [0.25, 0.3) is 0 Å². The molecule has 0 spiro atoms. The molecule has 0 aliphatic rings. The SMILES string of the molecule is COc1cccc(CC(C)CBr)c1. The predicted molar refractivity (Wildman–Crippen MR) is 59.7 cm³/mol. The first-order valence-corrected chi connectivity index (χ1v) is 5.57. The van der Waals surface area contributed by atoms with E-state index in [1.807, 2.05) is 12.1 Å². The Morgan fingerprint density at radius 3 is 2.85 bits per heavy atom. The zero-order chi connectivity index (χ0) is 9.68. The van der Waals surface area contributed by atoms with Crippen LogP contribution in [0.15, 0.2) is 24.3 Å². The van der Waals surface area contributed by atoms with Crippen molar-refractivity contribution >= 4 is 15.9 Å². The van der Waals surface area contributed by atoms with Gasteiger partial charge in [0.15, 0.2) is 0 Å². The monoisotopic (exact) mass is 242 g/mol. The van der Waals surface area contributed by atoms with Gasteiger partial charge < -0.3 is 4.74 Å². The Morgan fingerprint density at radius 2 is 2.23 bits per heavy atom. The van der Waals surface area contributed by atoms with Gasteiger partial charge in [-0.15, -0.1) is 0 Å². The molecule has 0 N–H and O–H groups in total. The van der Waals surface area contributed by atoms with Gasteiger partial charge in [0.1, 0.15) is 5.75 Å². The van der Waals surface area contributed by atoms with Gasteiger partial charge >= 0.3 is 0 Å². The average Bonchev–Trinajstić information content (AvgIpc) is 2.18. The Hall–Kier alpha value is -0.500. The Labute approximate surface area is 88.2 Å². The summed E-state index contributed by atoms with van der Waals surface area (Å²) in [6.07, 6.45) is 1.10. The molecule has 0 heterocycles. The van der Waals surface area contributed by atoms with Gasteiger partial charge in [-0.25, -0.2) is 0 Å². The van der Waals surface area contributed by atoms with Crippen LogP contribution >= 0.6 is 15.9 Å². The van der Waals surface area contributed by atoms with Crippen LogP contribution in [0.3, 0.4) is 0 Å². The molecule has 1 rings (SSSR count). The van der Waals surface area contributed by atoms with Gasteiger partial charge in [0.2, 0.25) is 0 Å². The highest BCUT2D eigenvalue weighted by molar-refractivity contribution is 9.09. The summed E-state index contributed by atoms with van der Waals surface area (Å²) in [6.45, 7) is 2.23. The summed E-state index contributed by atoms with van der Waals surface area (Å²) in [5.41, 5.74) is 1.34. The highest BCUT2D eigenvalue weighted by Crippen LogP contribution is 2.16. The Bertz CT molecular complexity index is 260. The molecule has 1 atom stereocenters. The minimum Gasteiger partial charge on any atom is -0.497 e.